The molecule has 0 radical (unpaired) electrons. The van der Waals surface area contributed by atoms with Crippen LogP contribution in [0.2, 0.25) is 5.02 Å². The molecule has 1 saturated heterocycles. The lowest BCUT2D eigenvalue weighted by atomic mass is 9.87. The summed E-state index contributed by atoms with van der Waals surface area (Å²) in [5, 5.41) is 2.90. The number of benzene rings is 1. The second kappa shape index (κ2) is 7.36. The first-order valence-electron chi connectivity index (χ1n) is 7.77. The smallest absolute Gasteiger partial charge is 0.314 e. The van der Waals surface area contributed by atoms with E-state index in [9.17, 15) is 17.6 Å². The summed E-state index contributed by atoms with van der Waals surface area (Å²) in [4.78, 5) is 1.93. The Bertz CT molecular complexity index is 542. The largest absolute Gasteiger partial charge is 0.416 e. The van der Waals surface area contributed by atoms with Gasteiger partial charge in [-0.05, 0) is 18.1 Å². The summed E-state index contributed by atoms with van der Waals surface area (Å²) in [5.41, 5.74) is -1.25. The normalized spacial score (nSPS) is 19.6. The Hall–Kier alpha value is -0.850. The predicted molar refractivity (Wildman–Crippen MR) is 83.1 cm³/mol. The lowest BCUT2D eigenvalue weighted by Gasteiger charge is -2.39. The van der Waals surface area contributed by atoms with Crippen LogP contribution in [0.1, 0.15) is 37.4 Å². The molecule has 2 atom stereocenters. The van der Waals surface area contributed by atoms with Gasteiger partial charge in [0.2, 0.25) is 0 Å². The molecule has 2 rings (SSSR count). The highest BCUT2D eigenvalue weighted by Crippen LogP contribution is 2.42. The van der Waals surface area contributed by atoms with Gasteiger partial charge in [0.1, 0.15) is 5.82 Å². The standard InChI is InChI=1S/C16H21ClF4N2/c1-3-10(2)15(23-8-6-22-7-9-23)13-11(16(19,20)21)4-5-12(17)14(13)18/h4-5,10,15,22H,3,6-9H2,1-2H3/t10?,15-/m1/s1. The molecule has 0 bridgehead atoms. The average Bonchev–Trinajstić information content (AvgIpc) is 2.51. The minimum Gasteiger partial charge on any atom is -0.314 e. The third-order valence-electron chi connectivity index (χ3n) is 4.46. The Balaban J connectivity index is 2.59. The number of hydrogen-bond acceptors (Lipinski definition) is 2. The van der Waals surface area contributed by atoms with Gasteiger partial charge in [-0.1, -0.05) is 31.9 Å². The molecule has 0 spiro atoms. The summed E-state index contributed by atoms with van der Waals surface area (Å²) < 4.78 is 54.9. The van der Waals surface area contributed by atoms with Gasteiger partial charge in [0.05, 0.1) is 10.6 Å². The number of hydrogen-bond donors (Lipinski definition) is 1. The molecule has 1 aromatic rings. The van der Waals surface area contributed by atoms with Crippen LogP contribution in [0.4, 0.5) is 17.6 Å². The van der Waals surface area contributed by atoms with Crippen LogP contribution in [0.3, 0.4) is 0 Å². The lowest BCUT2D eigenvalue weighted by Crippen LogP contribution is -2.47. The van der Waals surface area contributed by atoms with Gasteiger partial charge in [0.15, 0.2) is 0 Å². The Morgan fingerprint density at radius 1 is 1.26 bits per heavy atom. The van der Waals surface area contributed by atoms with E-state index < -0.39 is 23.6 Å². The molecule has 0 amide bonds. The summed E-state index contributed by atoms with van der Waals surface area (Å²) >= 11 is 5.79. The number of alkyl halides is 3. The van der Waals surface area contributed by atoms with Gasteiger partial charge in [0.25, 0.3) is 0 Å². The van der Waals surface area contributed by atoms with Crippen molar-refractivity contribution in [3.63, 3.8) is 0 Å². The van der Waals surface area contributed by atoms with Crippen molar-refractivity contribution in [3.05, 3.63) is 34.1 Å². The molecule has 1 aliphatic heterocycles. The average molecular weight is 353 g/mol. The van der Waals surface area contributed by atoms with E-state index in [2.05, 4.69) is 5.32 Å². The minimum atomic E-state index is -4.61. The molecule has 7 heteroatoms. The van der Waals surface area contributed by atoms with Crippen LogP contribution in [-0.2, 0) is 6.18 Å². The van der Waals surface area contributed by atoms with Crippen molar-refractivity contribution in [3.8, 4) is 0 Å². The number of nitrogens with one attached hydrogen (secondary N) is 1. The zero-order chi connectivity index (χ0) is 17.2. The lowest BCUT2D eigenvalue weighted by molar-refractivity contribution is -0.139. The van der Waals surface area contributed by atoms with Crippen molar-refractivity contribution >= 4 is 11.6 Å². The molecule has 1 aromatic carbocycles. The van der Waals surface area contributed by atoms with E-state index >= 15 is 0 Å². The van der Waals surface area contributed by atoms with Crippen LogP contribution in [0, 0.1) is 11.7 Å². The van der Waals surface area contributed by atoms with Crippen LogP contribution < -0.4 is 5.32 Å². The maximum Gasteiger partial charge on any atom is 0.416 e. The maximum atomic E-state index is 14.6. The summed E-state index contributed by atoms with van der Waals surface area (Å²) in [5.74, 6) is -1.08. The maximum absolute atomic E-state index is 14.6. The molecule has 0 aromatic heterocycles. The van der Waals surface area contributed by atoms with E-state index in [-0.39, 0.29) is 16.5 Å². The molecule has 1 fully saturated rings. The van der Waals surface area contributed by atoms with E-state index in [1.54, 1.807) is 0 Å². The number of piperazine rings is 1. The van der Waals surface area contributed by atoms with Crippen LogP contribution in [0.25, 0.3) is 0 Å². The van der Waals surface area contributed by atoms with E-state index in [1.165, 1.54) is 0 Å². The third kappa shape index (κ3) is 3.98. The van der Waals surface area contributed by atoms with E-state index in [0.29, 0.717) is 32.6 Å². The van der Waals surface area contributed by atoms with Crippen molar-refractivity contribution in [2.24, 2.45) is 5.92 Å². The highest BCUT2D eigenvalue weighted by molar-refractivity contribution is 6.30. The Morgan fingerprint density at radius 2 is 1.87 bits per heavy atom. The zero-order valence-corrected chi connectivity index (χ0v) is 13.9. The van der Waals surface area contributed by atoms with E-state index in [4.69, 9.17) is 11.6 Å². The Kier molecular flexibility index (Phi) is 5.92. The molecule has 1 heterocycles. The molecule has 130 valence electrons. The molecular weight excluding hydrogens is 332 g/mol. The van der Waals surface area contributed by atoms with Gasteiger partial charge in [-0.15, -0.1) is 0 Å². The van der Waals surface area contributed by atoms with Gasteiger partial charge < -0.3 is 5.32 Å². The predicted octanol–water partition coefficient (Wildman–Crippen LogP) is 4.49. The van der Waals surface area contributed by atoms with Gasteiger partial charge in [-0.3, -0.25) is 4.90 Å². The first-order chi connectivity index (χ1) is 10.8. The Labute approximate surface area is 138 Å². The third-order valence-corrected chi connectivity index (χ3v) is 4.75. The van der Waals surface area contributed by atoms with Gasteiger partial charge in [-0.25, -0.2) is 4.39 Å². The fourth-order valence-corrected chi connectivity index (χ4v) is 3.28. The van der Waals surface area contributed by atoms with Crippen LogP contribution in [0.15, 0.2) is 12.1 Å². The SMILES string of the molecule is CCC(C)[C@H](c1c(C(F)(F)F)ccc(Cl)c1F)N1CCNCC1. The molecule has 23 heavy (non-hydrogen) atoms. The van der Waals surface area contributed by atoms with E-state index in [0.717, 1.165) is 12.1 Å². The van der Waals surface area contributed by atoms with Crippen molar-refractivity contribution in [2.45, 2.75) is 32.5 Å². The second-order valence-electron chi connectivity index (χ2n) is 5.94. The van der Waals surface area contributed by atoms with Crippen molar-refractivity contribution in [2.75, 3.05) is 26.2 Å². The molecule has 1 unspecified atom stereocenters. The van der Waals surface area contributed by atoms with Gasteiger partial charge in [-0.2, -0.15) is 13.2 Å². The summed E-state index contributed by atoms with van der Waals surface area (Å²) in [6.45, 7) is 6.27. The molecule has 1 aliphatic rings. The number of halogens is 5. The first kappa shape index (κ1) is 18.5. The molecule has 1 N–H and O–H groups in total. The number of nitrogens with zero attached hydrogens (tertiary/aromatic N) is 1. The molecule has 0 aliphatic carbocycles. The Morgan fingerprint density at radius 3 is 2.39 bits per heavy atom. The van der Waals surface area contributed by atoms with Gasteiger partial charge >= 0.3 is 6.18 Å². The van der Waals surface area contributed by atoms with Crippen molar-refractivity contribution in [1.29, 1.82) is 0 Å². The first-order valence-corrected chi connectivity index (χ1v) is 8.15. The highest BCUT2D eigenvalue weighted by Gasteiger charge is 2.40. The van der Waals surface area contributed by atoms with Crippen LogP contribution in [0.5, 0.6) is 0 Å². The van der Waals surface area contributed by atoms with E-state index in [1.807, 2.05) is 18.7 Å². The molecular formula is C16H21ClF4N2. The number of rotatable bonds is 4. The quantitative estimate of drug-likeness (QED) is 0.803. The monoisotopic (exact) mass is 352 g/mol. The van der Waals surface area contributed by atoms with Crippen molar-refractivity contribution < 1.29 is 17.6 Å². The fraction of sp³-hybridized carbons (Fsp3) is 0.625. The summed E-state index contributed by atoms with van der Waals surface area (Å²) in [7, 11) is 0. The second-order valence-corrected chi connectivity index (χ2v) is 6.34. The summed E-state index contributed by atoms with van der Waals surface area (Å²) in [6, 6.07) is 1.23. The van der Waals surface area contributed by atoms with Gasteiger partial charge in [0, 0.05) is 37.8 Å². The fourth-order valence-electron chi connectivity index (χ4n) is 3.11. The minimum absolute atomic E-state index is 0.123. The highest BCUT2D eigenvalue weighted by atomic mass is 35.5. The molecule has 2 nitrogen and oxygen atoms in total. The topological polar surface area (TPSA) is 15.3 Å². The van der Waals surface area contributed by atoms with Crippen LogP contribution >= 0.6 is 11.6 Å². The summed E-state index contributed by atoms with van der Waals surface area (Å²) in [6.07, 6.45) is -3.96. The van der Waals surface area contributed by atoms with Crippen LogP contribution in [-0.4, -0.2) is 31.1 Å². The van der Waals surface area contributed by atoms with Crippen molar-refractivity contribution in [1.82, 2.24) is 10.2 Å². The molecule has 0 saturated carbocycles. The zero-order valence-electron chi connectivity index (χ0n) is 13.2.